The van der Waals surface area contributed by atoms with Crippen molar-refractivity contribution in [3.8, 4) is 11.8 Å². The van der Waals surface area contributed by atoms with E-state index in [-0.39, 0.29) is 12.4 Å². The maximum Gasteiger partial charge on any atom is 0.236 e. The standard InChI is InChI=1S/C15H14N2O3S/c16-9-10-20-15-8-4-7-14(11-15)17-21(18,19)12-13-5-2-1-3-6-13/h1-8,11,17H,10,12H2. The first-order chi connectivity index (χ1) is 10.1. The molecule has 0 heterocycles. The summed E-state index contributed by atoms with van der Waals surface area (Å²) in [6.07, 6.45) is 0. The van der Waals surface area contributed by atoms with Gasteiger partial charge in [0.05, 0.1) is 11.4 Å². The average molecular weight is 302 g/mol. The van der Waals surface area contributed by atoms with E-state index in [1.54, 1.807) is 48.5 Å². The van der Waals surface area contributed by atoms with E-state index in [9.17, 15) is 8.42 Å². The quantitative estimate of drug-likeness (QED) is 0.889. The number of sulfonamides is 1. The monoisotopic (exact) mass is 302 g/mol. The highest BCUT2D eigenvalue weighted by molar-refractivity contribution is 7.91. The largest absolute Gasteiger partial charge is 0.479 e. The van der Waals surface area contributed by atoms with Crippen molar-refractivity contribution >= 4 is 15.7 Å². The third-order valence-electron chi connectivity index (χ3n) is 2.61. The van der Waals surface area contributed by atoms with E-state index in [0.29, 0.717) is 17.0 Å². The summed E-state index contributed by atoms with van der Waals surface area (Å²) in [5.74, 6) is 0.341. The van der Waals surface area contributed by atoms with Gasteiger partial charge in [-0.25, -0.2) is 8.42 Å². The highest BCUT2D eigenvalue weighted by Crippen LogP contribution is 2.19. The van der Waals surface area contributed by atoms with Crippen LogP contribution >= 0.6 is 0 Å². The minimum Gasteiger partial charge on any atom is -0.479 e. The van der Waals surface area contributed by atoms with E-state index in [1.165, 1.54) is 0 Å². The normalized spacial score (nSPS) is 10.6. The summed E-state index contributed by atoms with van der Waals surface area (Å²) in [6.45, 7) is -0.0831. The molecule has 2 aromatic rings. The number of nitrogens with zero attached hydrogens (tertiary/aromatic N) is 1. The number of rotatable bonds is 6. The smallest absolute Gasteiger partial charge is 0.236 e. The molecule has 0 atom stereocenters. The molecule has 0 aliphatic heterocycles. The predicted octanol–water partition coefficient (Wildman–Crippen LogP) is 2.53. The number of hydrogen-bond acceptors (Lipinski definition) is 4. The summed E-state index contributed by atoms with van der Waals surface area (Å²) in [7, 11) is -3.50. The summed E-state index contributed by atoms with van der Waals surface area (Å²) < 4.78 is 31.8. The maximum absolute atomic E-state index is 12.1. The fraction of sp³-hybridized carbons (Fsp3) is 0.133. The van der Waals surface area contributed by atoms with Crippen LogP contribution in [0.1, 0.15) is 5.56 Å². The summed E-state index contributed by atoms with van der Waals surface area (Å²) >= 11 is 0. The molecule has 0 amide bonds. The molecular weight excluding hydrogens is 288 g/mol. The van der Waals surface area contributed by atoms with Crippen LogP contribution in [0.25, 0.3) is 0 Å². The van der Waals surface area contributed by atoms with E-state index < -0.39 is 10.0 Å². The third-order valence-corrected chi connectivity index (χ3v) is 3.87. The van der Waals surface area contributed by atoms with Crippen LogP contribution in [-0.4, -0.2) is 15.0 Å². The van der Waals surface area contributed by atoms with Gasteiger partial charge in [0.1, 0.15) is 11.8 Å². The van der Waals surface area contributed by atoms with E-state index in [1.807, 2.05) is 12.1 Å². The minimum atomic E-state index is -3.50. The first-order valence-electron chi connectivity index (χ1n) is 6.23. The van der Waals surface area contributed by atoms with Crippen LogP contribution in [0.5, 0.6) is 5.75 Å². The zero-order chi connectivity index (χ0) is 15.1. The van der Waals surface area contributed by atoms with Crippen molar-refractivity contribution < 1.29 is 13.2 Å². The molecule has 21 heavy (non-hydrogen) atoms. The Hall–Kier alpha value is -2.52. The van der Waals surface area contributed by atoms with Gasteiger partial charge in [-0.05, 0) is 17.7 Å². The molecule has 0 aliphatic carbocycles. The number of nitriles is 1. The molecule has 0 bridgehead atoms. The van der Waals surface area contributed by atoms with Crippen LogP contribution in [0.4, 0.5) is 5.69 Å². The van der Waals surface area contributed by atoms with E-state index in [0.717, 1.165) is 0 Å². The summed E-state index contributed by atoms with van der Waals surface area (Å²) in [5, 5.41) is 8.46. The molecule has 0 saturated carbocycles. The van der Waals surface area contributed by atoms with E-state index in [4.69, 9.17) is 10.00 Å². The first kappa shape index (κ1) is 14.9. The van der Waals surface area contributed by atoms with Crippen molar-refractivity contribution in [3.63, 3.8) is 0 Å². The Morgan fingerprint density at radius 3 is 2.57 bits per heavy atom. The lowest BCUT2D eigenvalue weighted by Crippen LogP contribution is -2.15. The van der Waals surface area contributed by atoms with E-state index >= 15 is 0 Å². The number of ether oxygens (including phenoxy) is 1. The summed E-state index contributed by atoms with van der Waals surface area (Å²) in [5.41, 5.74) is 1.11. The number of anilines is 1. The molecule has 0 spiro atoms. The van der Waals surface area contributed by atoms with Gasteiger partial charge >= 0.3 is 0 Å². The lowest BCUT2D eigenvalue weighted by molar-refractivity contribution is 0.368. The Bertz CT molecular complexity index is 737. The molecule has 2 rings (SSSR count). The lowest BCUT2D eigenvalue weighted by atomic mass is 10.2. The Morgan fingerprint density at radius 1 is 1.10 bits per heavy atom. The molecule has 0 unspecified atom stereocenters. The molecule has 2 aromatic carbocycles. The SMILES string of the molecule is N#CCOc1cccc(NS(=O)(=O)Cc2ccccc2)c1. The van der Waals surface area contributed by atoms with Crippen molar-refractivity contribution in [2.45, 2.75) is 5.75 Å². The summed E-state index contributed by atoms with van der Waals surface area (Å²) in [4.78, 5) is 0. The fourth-order valence-corrected chi connectivity index (χ4v) is 2.96. The van der Waals surface area contributed by atoms with Gasteiger partial charge < -0.3 is 4.74 Å². The maximum atomic E-state index is 12.1. The van der Waals surface area contributed by atoms with Crippen LogP contribution in [0.2, 0.25) is 0 Å². The Balaban J connectivity index is 2.08. The molecule has 5 nitrogen and oxygen atoms in total. The molecule has 0 aromatic heterocycles. The van der Waals surface area contributed by atoms with Crippen molar-refractivity contribution in [2.75, 3.05) is 11.3 Å². The molecule has 1 N–H and O–H groups in total. The van der Waals surface area contributed by atoms with Gasteiger partial charge in [0.25, 0.3) is 0 Å². The topological polar surface area (TPSA) is 79.2 Å². The van der Waals surface area contributed by atoms with Gasteiger partial charge in [0.2, 0.25) is 10.0 Å². The highest BCUT2D eigenvalue weighted by atomic mass is 32.2. The van der Waals surface area contributed by atoms with Gasteiger partial charge in [-0.15, -0.1) is 0 Å². The van der Waals surface area contributed by atoms with Crippen molar-refractivity contribution in [3.05, 3.63) is 60.2 Å². The molecule has 0 aliphatic rings. The van der Waals surface area contributed by atoms with Crippen LogP contribution in [0.3, 0.4) is 0 Å². The van der Waals surface area contributed by atoms with Crippen molar-refractivity contribution in [2.24, 2.45) is 0 Å². The van der Waals surface area contributed by atoms with Gasteiger partial charge in [0.15, 0.2) is 6.61 Å². The minimum absolute atomic E-state index is 0.0831. The third kappa shape index (κ3) is 4.82. The van der Waals surface area contributed by atoms with Gasteiger partial charge in [-0.3, -0.25) is 4.72 Å². The van der Waals surface area contributed by atoms with E-state index in [2.05, 4.69) is 4.72 Å². The fourth-order valence-electron chi connectivity index (χ4n) is 1.77. The van der Waals surface area contributed by atoms with Gasteiger partial charge in [-0.1, -0.05) is 36.4 Å². The van der Waals surface area contributed by atoms with Gasteiger partial charge in [-0.2, -0.15) is 5.26 Å². The molecule has 108 valence electrons. The Kier molecular flexibility index (Phi) is 4.80. The second-order valence-electron chi connectivity index (χ2n) is 4.32. The number of benzene rings is 2. The molecule has 6 heteroatoms. The number of nitrogens with one attached hydrogen (secondary N) is 1. The predicted molar refractivity (Wildman–Crippen MR) is 80.2 cm³/mol. The first-order valence-corrected chi connectivity index (χ1v) is 7.88. The van der Waals surface area contributed by atoms with Crippen molar-refractivity contribution in [1.29, 1.82) is 5.26 Å². The lowest BCUT2D eigenvalue weighted by Gasteiger charge is -2.09. The summed E-state index contributed by atoms with van der Waals surface area (Å²) in [6, 6.07) is 17.3. The Morgan fingerprint density at radius 2 is 1.86 bits per heavy atom. The average Bonchev–Trinajstić information content (AvgIpc) is 2.45. The second-order valence-corrected chi connectivity index (χ2v) is 6.04. The van der Waals surface area contributed by atoms with Gasteiger partial charge in [0, 0.05) is 6.07 Å². The van der Waals surface area contributed by atoms with Crippen LogP contribution in [-0.2, 0) is 15.8 Å². The van der Waals surface area contributed by atoms with Crippen molar-refractivity contribution in [1.82, 2.24) is 0 Å². The molecular formula is C15H14N2O3S. The molecule has 0 fully saturated rings. The number of hydrogen-bond donors (Lipinski definition) is 1. The van der Waals surface area contributed by atoms with Crippen LogP contribution in [0.15, 0.2) is 54.6 Å². The zero-order valence-electron chi connectivity index (χ0n) is 11.2. The van der Waals surface area contributed by atoms with Crippen LogP contribution in [0, 0.1) is 11.3 Å². The zero-order valence-corrected chi connectivity index (χ0v) is 12.0. The Labute approximate surface area is 123 Å². The molecule has 0 saturated heterocycles. The second kappa shape index (κ2) is 6.77. The molecule has 0 radical (unpaired) electrons. The highest BCUT2D eigenvalue weighted by Gasteiger charge is 2.11. The van der Waals surface area contributed by atoms with Crippen LogP contribution < -0.4 is 9.46 Å².